The summed E-state index contributed by atoms with van der Waals surface area (Å²) in [5.41, 5.74) is 1.48. The summed E-state index contributed by atoms with van der Waals surface area (Å²) in [5, 5.41) is 12.4. The molecular formula is C14H21NO3. The summed E-state index contributed by atoms with van der Waals surface area (Å²) in [6.07, 6.45) is 0. The first-order valence-corrected chi connectivity index (χ1v) is 6.24. The van der Waals surface area contributed by atoms with E-state index >= 15 is 0 Å². The van der Waals surface area contributed by atoms with E-state index in [9.17, 15) is 4.79 Å². The molecule has 1 aliphatic rings. The van der Waals surface area contributed by atoms with E-state index in [-0.39, 0.29) is 16.6 Å². The van der Waals surface area contributed by atoms with Crippen molar-refractivity contribution < 1.29 is 14.3 Å². The average Bonchev–Trinajstić information content (AvgIpc) is 2.57. The fraction of sp³-hybridized carbons (Fsp3) is 0.643. The van der Waals surface area contributed by atoms with Gasteiger partial charge in [0.25, 0.3) is 0 Å². The van der Waals surface area contributed by atoms with Gasteiger partial charge in [0.2, 0.25) is 5.76 Å². The second kappa shape index (κ2) is 3.85. The Labute approximate surface area is 107 Å². The predicted molar refractivity (Wildman–Crippen MR) is 68.6 cm³/mol. The van der Waals surface area contributed by atoms with Crippen LogP contribution < -0.4 is 5.32 Å². The van der Waals surface area contributed by atoms with Crippen molar-refractivity contribution in [3.8, 4) is 0 Å². The molecule has 0 atom stereocenters. The quantitative estimate of drug-likeness (QED) is 0.863. The number of carboxylic acid groups (broad SMARTS) is 1. The van der Waals surface area contributed by atoms with Crippen LogP contribution in [0.15, 0.2) is 10.5 Å². The lowest BCUT2D eigenvalue weighted by molar-refractivity contribution is 0.0661. The standard InChI is InChI=1S/C14H21NO3/c1-8-9(6-10(18-8)11(16)17)7-15-12-13(2,3)14(12,4)5/h6,12,15H,7H2,1-5H3,(H,16,17). The molecule has 0 saturated heterocycles. The molecule has 0 amide bonds. The fourth-order valence-electron chi connectivity index (χ4n) is 2.72. The first-order valence-electron chi connectivity index (χ1n) is 6.24. The van der Waals surface area contributed by atoms with Crippen molar-refractivity contribution in [3.63, 3.8) is 0 Å². The zero-order chi connectivity index (χ0) is 13.7. The molecule has 1 heterocycles. The second-order valence-corrected chi connectivity index (χ2v) is 6.25. The maximum Gasteiger partial charge on any atom is 0.371 e. The molecule has 100 valence electrons. The average molecular weight is 251 g/mol. The van der Waals surface area contributed by atoms with Crippen LogP contribution in [0.1, 0.15) is 49.6 Å². The lowest BCUT2D eigenvalue weighted by Crippen LogP contribution is -2.21. The molecule has 0 unspecified atom stereocenters. The molecule has 1 aromatic heterocycles. The van der Waals surface area contributed by atoms with Gasteiger partial charge in [0.1, 0.15) is 5.76 Å². The molecule has 1 fully saturated rings. The van der Waals surface area contributed by atoms with Crippen LogP contribution in [0.5, 0.6) is 0 Å². The van der Waals surface area contributed by atoms with E-state index in [0.717, 1.165) is 5.56 Å². The predicted octanol–water partition coefficient (Wildman–Crippen LogP) is 2.81. The molecular weight excluding hydrogens is 230 g/mol. The number of hydrogen-bond acceptors (Lipinski definition) is 3. The Bertz CT molecular complexity index is 471. The number of carboxylic acids is 1. The van der Waals surface area contributed by atoms with E-state index in [2.05, 4.69) is 33.0 Å². The molecule has 4 heteroatoms. The van der Waals surface area contributed by atoms with Gasteiger partial charge in [-0.3, -0.25) is 0 Å². The van der Waals surface area contributed by atoms with Crippen molar-refractivity contribution in [3.05, 3.63) is 23.2 Å². The Hall–Kier alpha value is -1.29. The molecule has 1 aromatic rings. The van der Waals surface area contributed by atoms with Crippen LogP contribution in [0.2, 0.25) is 0 Å². The van der Waals surface area contributed by atoms with Gasteiger partial charge in [0, 0.05) is 18.2 Å². The summed E-state index contributed by atoms with van der Waals surface area (Å²) < 4.78 is 5.19. The first-order chi connectivity index (χ1) is 8.18. The summed E-state index contributed by atoms with van der Waals surface area (Å²) in [6, 6.07) is 2.06. The number of aromatic carboxylic acids is 1. The number of hydrogen-bond donors (Lipinski definition) is 2. The molecule has 2 N–H and O–H groups in total. The Morgan fingerprint density at radius 3 is 2.33 bits per heavy atom. The lowest BCUT2D eigenvalue weighted by Gasteiger charge is -2.05. The van der Waals surface area contributed by atoms with Crippen molar-refractivity contribution in [2.45, 2.75) is 47.2 Å². The number of aryl methyl sites for hydroxylation is 1. The van der Waals surface area contributed by atoms with Gasteiger partial charge < -0.3 is 14.8 Å². The van der Waals surface area contributed by atoms with Crippen molar-refractivity contribution in [1.82, 2.24) is 5.32 Å². The first kappa shape index (κ1) is 13.1. The van der Waals surface area contributed by atoms with Crippen molar-refractivity contribution in [1.29, 1.82) is 0 Å². The highest BCUT2D eigenvalue weighted by molar-refractivity contribution is 5.84. The number of carbonyl (C=O) groups is 1. The topological polar surface area (TPSA) is 62.5 Å². The molecule has 0 aromatic carbocycles. The number of furan rings is 1. The smallest absolute Gasteiger partial charge is 0.371 e. The van der Waals surface area contributed by atoms with Crippen LogP contribution in [-0.2, 0) is 6.54 Å². The van der Waals surface area contributed by atoms with Gasteiger partial charge in [-0.2, -0.15) is 0 Å². The van der Waals surface area contributed by atoms with Crippen LogP contribution in [0, 0.1) is 17.8 Å². The number of nitrogens with one attached hydrogen (secondary N) is 1. The molecule has 2 rings (SSSR count). The molecule has 1 aliphatic carbocycles. The maximum absolute atomic E-state index is 10.8. The second-order valence-electron chi connectivity index (χ2n) is 6.25. The summed E-state index contributed by atoms with van der Waals surface area (Å²) in [7, 11) is 0. The SMILES string of the molecule is Cc1oc(C(=O)O)cc1CNC1C(C)(C)C1(C)C. The van der Waals surface area contributed by atoms with E-state index < -0.39 is 5.97 Å². The molecule has 1 saturated carbocycles. The third-order valence-corrected chi connectivity index (χ3v) is 4.75. The van der Waals surface area contributed by atoms with Crippen LogP contribution in [0.25, 0.3) is 0 Å². The zero-order valence-electron chi connectivity index (χ0n) is 11.6. The minimum absolute atomic E-state index is 0.0126. The monoisotopic (exact) mass is 251 g/mol. The summed E-state index contributed by atoms with van der Waals surface area (Å²) >= 11 is 0. The molecule has 18 heavy (non-hydrogen) atoms. The van der Waals surface area contributed by atoms with Crippen molar-refractivity contribution in [2.24, 2.45) is 10.8 Å². The highest BCUT2D eigenvalue weighted by Gasteiger charge is 2.64. The summed E-state index contributed by atoms with van der Waals surface area (Å²) in [4.78, 5) is 10.8. The van der Waals surface area contributed by atoms with E-state index in [1.807, 2.05) is 0 Å². The Kier molecular flexibility index (Phi) is 2.81. The molecule has 0 bridgehead atoms. The maximum atomic E-state index is 10.8. The van der Waals surface area contributed by atoms with Gasteiger partial charge in [-0.1, -0.05) is 27.7 Å². The van der Waals surface area contributed by atoms with Gasteiger partial charge in [-0.15, -0.1) is 0 Å². The summed E-state index contributed by atoms with van der Waals surface area (Å²) in [5.74, 6) is -0.328. The third kappa shape index (κ3) is 1.85. The Balaban J connectivity index is 2.02. The van der Waals surface area contributed by atoms with Crippen LogP contribution in [-0.4, -0.2) is 17.1 Å². The van der Waals surface area contributed by atoms with E-state index in [0.29, 0.717) is 18.3 Å². The molecule has 0 spiro atoms. The third-order valence-electron chi connectivity index (χ3n) is 4.75. The molecule has 4 nitrogen and oxygen atoms in total. The van der Waals surface area contributed by atoms with Gasteiger partial charge >= 0.3 is 5.97 Å². The lowest BCUT2D eigenvalue weighted by atomic mass is 10.0. The van der Waals surface area contributed by atoms with Crippen molar-refractivity contribution in [2.75, 3.05) is 0 Å². The van der Waals surface area contributed by atoms with Gasteiger partial charge in [-0.05, 0) is 23.8 Å². The fourth-order valence-corrected chi connectivity index (χ4v) is 2.72. The number of rotatable bonds is 4. The van der Waals surface area contributed by atoms with Crippen LogP contribution in [0.3, 0.4) is 0 Å². The van der Waals surface area contributed by atoms with E-state index in [1.54, 1.807) is 13.0 Å². The zero-order valence-corrected chi connectivity index (χ0v) is 11.6. The molecule has 0 radical (unpaired) electrons. The van der Waals surface area contributed by atoms with Crippen LogP contribution in [0.4, 0.5) is 0 Å². The van der Waals surface area contributed by atoms with E-state index in [4.69, 9.17) is 9.52 Å². The van der Waals surface area contributed by atoms with Gasteiger partial charge in [0.05, 0.1) is 0 Å². The minimum atomic E-state index is -1.02. The Morgan fingerprint density at radius 2 is 1.94 bits per heavy atom. The van der Waals surface area contributed by atoms with Crippen molar-refractivity contribution >= 4 is 5.97 Å². The highest BCUT2D eigenvalue weighted by atomic mass is 16.4. The van der Waals surface area contributed by atoms with Crippen LogP contribution >= 0.6 is 0 Å². The molecule has 0 aliphatic heterocycles. The van der Waals surface area contributed by atoms with Gasteiger partial charge in [-0.25, -0.2) is 4.79 Å². The summed E-state index contributed by atoms with van der Waals surface area (Å²) in [6.45, 7) is 11.4. The van der Waals surface area contributed by atoms with E-state index in [1.165, 1.54) is 0 Å². The largest absolute Gasteiger partial charge is 0.475 e. The van der Waals surface area contributed by atoms with Gasteiger partial charge in [0.15, 0.2) is 0 Å². The minimum Gasteiger partial charge on any atom is -0.475 e. The Morgan fingerprint density at radius 1 is 1.39 bits per heavy atom. The normalized spacial score (nSPS) is 20.9. The highest BCUT2D eigenvalue weighted by Crippen LogP contribution is 2.62.